The molecule has 2 heterocycles. The Labute approximate surface area is 165 Å². The van der Waals surface area contributed by atoms with Gasteiger partial charge in [0.05, 0.1) is 16.8 Å². The lowest BCUT2D eigenvalue weighted by atomic mass is 10.0. The average Bonchev–Trinajstić information content (AvgIpc) is 3.14. The van der Waals surface area contributed by atoms with Crippen molar-refractivity contribution in [3.63, 3.8) is 0 Å². The van der Waals surface area contributed by atoms with Gasteiger partial charge in [0, 0.05) is 45.4 Å². The number of nitrogens with zero attached hydrogens (tertiary/aromatic N) is 1. The van der Waals surface area contributed by atoms with Gasteiger partial charge in [-0.25, -0.2) is 0 Å². The largest absolute Gasteiger partial charge is 0.490 e. The number of ether oxygens (including phenoxy) is 1. The van der Waals surface area contributed by atoms with Crippen molar-refractivity contribution < 1.29 is 14.3 Å². The number of para-hydroxylation sites is 1. The predicted octanol–water partition coefficient (Wildman–Crippen LogP) is 3.40. The summed E-state index contributed by atoms with van der Waals surface area (Å²) in [5.41, 5.74) is 3.49. The molecule has 6 heteroatoms. The molecule has 0 spiro atoms. The topological polar surface area (TPSA) is 74.4 Å². The Hall–Kier alpha value is -3.02. The molecule has 28 heavy (non-hydrogen) atoms. The number of piperidine rings is 1. The number of carbonyl (C=O) groups excluding carboxylic acids is 2. The Morgan fingerprint density at radius 2 is 2.00 bits per heavy atom. The van der Waals surface area contributed by atoms with Gasteiger partial charge in [-0.3, -0.25) is 9.59 Å². The van der Waals surface area contributed by atoms with Gasteiger partial charge in [-0.2, -0.15) is 0 Å². The minimum Gasteiger partial charge on any atom is -0.490 e. The number of benzene rings is 1. The highest BCUT2D eigenvalue weighted by molar-refractivity contribution is 6.03. The van der Waals surface area contributed by atoms with Gasteiger partial charge < -0.3 is 19.9 Å². The van der Waals surface area contributed by atoms with E-state index in [2.05, 4.69) is 10.3 Å². The Kier molecular flexibility index (Phi) is 6.19. The lowest BCUT2D eigenvalue weighted by Crippen LogP contribution is -2.42. The summed E-state index contributed by atoms with van der Waals surface area (Å²) >= 11 is 0. The first kappa shape index (κ1) is 19.7. The standard InChI is InChI=1S/C22H27N3O3/c1-15-6-4-5-7-20(15)28-17-8-10-25(11-9-17)22(27)18-13-24-21(19(18)14-26)16(2)12-23-3/h4-7,12-14,17,23-24H,8-11H2,1-3H3/b16-12-. The fourth-order valence-electron chi connectivity index (χ4n) is 3.56. The molecule has 1 fully saturated rings. The van der Waals surface area contributed by atoms with Crippen molar-refractivity contribution in [3.05, 3.63) is 59.0 Å². The third kappa shape index (κ3) is 4.11. The van der Waals surface area contributed by atoms with Gasteiger partial charge in [-0.05, 0) is 31.1 Å². The summed E-state index contributed by atoms with van der Waals surface area (Å²) in [5, 5.41) is 2.94. The van der Waals surface area contributed by atoms with E-state index in [4.69, 9.17) is 4.74 Å². The van der Waals surface area contributed by atoms with Crippen LogP contribution in [0.25, 0.3) is 5.57 Å². The Morgan fingerprint density at radius 3 is 2.64 bits per heavy atom. The number of allylic oxidation sites excluding steroid dienone is 1. The van der Waals surface area contributed by atoms with Crippen LogP contribution < -0.4 is 10.1 Å². The summed E-state index contributed by atoms with van der Waals surface area (Å²) in [6.07, 6.45) is 5.81. The minimum absolute atomic E-state index is 0.0956. The zero-order chi connectivity index (χ0) is 20.1. The molecule has 0 saturated carbocycles. The zero-order valence-electron chi connectivity index (χ0n) is 16.6. The number of likely N-dealkylation sites (tertiary alicyclic amines) is 1. The van der Waals surface area contributed by atoms with E-state index in [9.17, 15) is 9.59 Å². The quantitative estimate of drug-likeness (QED) is 0.752. The molecule has 1 amide bonds. The second-order valence-corrected chi connectivity index (χ2v) is 7.10. The van der Waals surface area contributed by atoms with E-state index < -0.39 is 0 Å². The maximum absolute atomic E-state index is 13.0. The molecule has 1 aromatic carbocycles. The van der Waals surface area contributed by atoms with Crippen LogP contribution in [0.15, 0.2) is 36.7 Å². The van der Waals surface area contributed by atoms with E-state index >= 15 is 0 Å². The summed E-state index contributed by atoms with van der Waals surface area (Å²) in [5.74, 6) is 0.786. The van der Waals surface area contributed by atoms with Crippen LogP contribution in [0.4, 0.5) is 0 Å². The van der Waals surface area contributed by atoms with Crippen LogP contribution in [0, 0.1) is 6.92 Å². The zero-order valence-corrected chi connectivity index (χ0v) is 16.6. The molecule has 1 aliphatic heterocycles. The molecule has 1 aliphatic rings. The van der Waals surface area contributed by atoms with Gasteiger partial charge in [-0.1, -0.05) is 18.2 Å². The smallest absolute Gasteiger partial charge is 0.256 e. The molecule has 0 aliphatic carbocycles. The number of aromatic nitrogens is 1. The van der Waals surface area contributed by atoms with Crippen molar-refractivity contribution in [1.82, 2.24) is 15.2 Å². The third-order valence-corrected chi connectivity index (χ3v) is 5.14. The summed E-state index contributed by atoms with van der Waals surface area (Å²) < 4.78 is 6.11. The molecule has 0 bridgehead atoms. The number of nitrogens with one attached hydrogen (secondary N) is 2. The molecule has 2 N–H and O–H groups in total. The van der Waals surface area contributed by atoms with Gasteiger partial charge in [0.2, 0.25) is 0 Å². The molecule has 3 rings (SSSR count). The van der Waals surface area contributed by atoms with Crippen molar-refractivity contribution in [1.29, 1.82) is 0 Å². The second kappa shape index (κ2) is 8.78. The minimum atomic E-state index is -0.115. The van der Waals surface area contributed by atoms with Crippen LogP contribution in [0.5, 0.6) is 5.75 Å². The van der Waals surface area contributed by atoms with E-state index in [0.29, 0.717) is 29.9 Å². The summed E-state index contributed by atoms with van der Waals surface area (Å²) in [6, 6.07) is 7.97. The number of hydrogen-bond acceptors (Lipinski definition) is 4. The highest BCUT2D eigenvalue weighted by Gasteiger charge is 2.27. The fraction of sp³-hybridized carbons (Fsp3) is 0.364. The van der Waals surface area contributed by atoms with Crippen molar-refractivity contribution in [3.8, 4) is 5.75 Å². The monoisotopic (exact) mass is 381 g/mol. The van der Waals surface area contributed by atoms with Crippen LogP contribution >= 0.6 is 0 Å². The molecular formula is C22H27N3O3. The first-order valence-electron chi connectivity index (χ1n) is 9.57. The molecular weight excluding hydrogens is 354 g/mol. The molecule has 2 aromatic rings. The number of rotatable bonds is 6. The molecule has 0 radical (unpaired) electrons. The third-order valence-electron chi connectivity index (χ3n) is 5.14. The summed E-state index contributed by atoms with van der Waals surface area (Å²) in [7, 11) is 1.79. The number of aryl methyl sites for hydroxylation is 1. The van der Waals surface area contributed by atoms with E-state index in [-0.39, 0.29) is 12.0 Å². The van der Waals surface area contributed by atoms with Crippen LogP contribution in [-0.4, -0.2) is 48.3 Å². The van der Waals surface area contributed by atoms with E-state index in [1.54, 1.807) is 24.3 Å². The van der Waals surface area contributed by atoms with Crippen LogP contribution in [0.1, 0.15) is 51.7 Å². The van der Waals surface area contributed by atoms with Crippen molar-refractivity contribution >= 4 is 17.8 Å². The first-order valence-corrected chi connectivity index (χ1v) is 9.57. The Bertz CT molecular complexity index is 877. The summed E-state index contributed by atoms with van der Waals surface area (Å²) in [6.45, 7) is 5.14. The SMILES string of the molecule is CN/C=C(/C)c1[nH]cc(C(=O)N2CCC(Oc3ccccc3C)CC2)c1C=O. The maximum Gasteiger partial charge on any atom is 0.256 e. The highest BCUT2D eigenvalue weighted by Crippen LogP contribution is 2.25. The highest BCUT2D eigenvalue weighted by atomic mass is 16.5. The van der Waals surface area contributed by atoms with Crippen molar-refractivity contribution in [2.45, 2.75) is 32.8 Å². The average molecular weight is 381 g/mol. The fourth-order valence-corrected chi connectivity index (χ4v) is 3.56. The van der Waals surface area contributed by atoms with Crippen molar-refractivity contribution in [2.75, 3.05) is 20.1 Å². The number of amides is 1. The molecule has 0 atom stereocenters. The molecule has 0 unspecified atom stereocenters. The Morgan fingerprint density at radius 1 is 1.29 bits per heavy atom. The second-order valence-electron chi connectivity index (χ2n) is 7.10. The molecule has 6 nitrogen and oxygen atoms in total. The van der Waals surface area contributed by atoms with Crippen LogP contribution in [0.2, 0.25) is 0 Å². The van der Waals surface area contributed by atoms with Gasteiger partial charge >= 0.3 is 0 Å². The Balaban J connectivity index is 1.66. The number of carbonyl (C=O) groups is 2. The van der Waals surface area contributed by atoms with Crippen LogP contribution in [0.3, 0.4) is 0 Å². The normalized spacial score (nSPS) is 15.4. The number of aromatic amines is 1. The maximum atomic E-state index is 13.0. The van der Waals surface area contributed by atoms with E-state index in [0.717, 1.165) is 36.0 Å². The van der Waals surface area contributed by atoms with E-state index in [1.807, 2.05) is 38.1 Å². The van der Waals surface area contributed by atoms with Gasteiger partial charge in [0.15, 0.2) is 6.29 Å². The number of aldehydes is 1. The van der Waals surface area contributed by atoms with Gasteiger partial charge in [0.25, 0.3) is 5.91 Å². The van der Waals surface area contributed by atoms with Crippen molar-refractivity contribution in [2.24, 2.45) is 0 Å². The van der Waals surface area contributed by atoms with Gasteiger partial charge in [0.1, 0.15) is 11.9 Å². The van der Waals surface area contributed by atoms with Crippen LogP contribution in [-0.2, 0) is 0 Å². The lowest BCUT2D eigenvalue weighted by Gasteiger charge is -2.32. The predicted molar refractivity (Wildman–Crippen MR) is 110 cm³/mol. The first-order chi connectivity index (χ1) is 13.5. The van der Waals surface area contributed by atoms with Gasteiger partial charge in [-0.15, -0.1) is 0 Å². The lowest BCUT2D eigenvalue weighted by molar-refractivity contribution is 0.0592. The summed E-state index contributed by atoms with van der Waals surface area (Å²) in [4.78, 5) is 29.5. The molecule has 148 valence electrons. The molecule has 1 aromatic heterocycles. The molecule has 1 saturated heterocycles. The van der Waals surface area contributed by atoms with E-state index in [1.165, 1.54) is 0 Å². The number of H-pyrrole nitrogens is 1. The number of hydrogen-bond donors (Lipinski definition) is 2.